The molecule has 1 saturated carbocycles. The minimum atomic E-state index is -0.733. The third-order valence-corrected chi connectivity index (χ3v) is 4.19. The Hall–Kier alpha value is -2.31. The summed E-state index contributed by atoms with van der Waals surface area (Å²) in [4.78, 5) is 36.7. The van der Waals surface area contributed by atoms with Crippen LogP contribution < -0.4 is 17.0 Å². The minimum absolute atomic E-state index is 0.0132. The standard InChI is InChI=1S/C14H18N4O3/c15-12(19)10-5-9-7-17(14(16)21)4-3-11(9)18(13(10)20)6-8-1-2-8/h5,8H,1-4,6-7H2,(H2,15,19)(H2,16,21). The first kappa shape index (κ1) is 13.7. The van der Waals surface area contributed by atoms with Crippen molar-refractivity contribution in [3.8, 4) is 0 Å². The van der Waals surface area contributed by atoms with Gasteiger partial charge in [-0.3, -0.25) is 9.59 Å². The molecule has 1 aromatic rings. The van der Waals surface area contributed by atoms with Crippen molar-refractivity contribution in [3.05, 3.63) is 33.2 Å². The second-order valence-electron chi connectivity index (χ2n) is 5.76. The summed E-state index contributed by atoms with van der Waals surface area (Å²) in [6, 6.07) is 1.01. The number of hydrogen-bond acceptors (Lipinski definition) is 3. The lowest BCUT2D eigenvalue weighted by Gasteiger charge is -2.29. The van der Waals surface area contributed by atoms with Gasteiger partial charge in [0.2, 0.25) is 0 Å². The predicted molar refractivity (Wildman–Crippen MR) is 75.6 cm³/mol. The maximum Gasteiger partial charge on any atom is 0.315 e. The maximum atomic E-state index is 12.4. The van der Waals surface area contributed by atoms with E-state index in [1.807, 2.05) is 0 Å². The van der Waals surface area contributed by atoms with Crippen molar-refractivity contribution < 1.29 is 9.59 Å². The molecule has 0 unspecified atom stereocenters. The van der Waals surface area contributed by atoms with Gasteiger partial charge in [0.25, 0.3) is 11.5 Å². The number of pyridine rings is 1. The van der Waals surface area contributed by atoms with Crippen LogP contribution in [0.4, 0.5) is 4.79 Å². The Labute approximate surface area is 121 Å². The van der Waals surface area contributed by atoms with Crippen LogP contribution in [-0.4, -0.2) is 28.0 Å². The minimum Gasteiger partial charge on any atom is -0.365 e. The van der Waals surface area contributed by atoms with E-state index in [1.54, 1.807) is 4.57 Å². The molecule has 3 rings (SSSR count). The fourth-order valence-electron chi connectivity index (χ4n) is 2.83. The molecule has 1 aromatic heterocycles. The molecular weight excluding hydrogens is 272 g/mol. The summed E-state index contributed by atoms with van der Waals surface area (Å²) in [7, 11) is 0. The fourth-order valence-corrected chi connectivity index (χ4v) is 2.83. The summed E-state index contributed by atoms with van der Waals surface area (Å²) in [6.45, 7) is 1.43. The molecule has 2 aliphatic rings. The lowest BCUT2D eigenvalue weighted by molar-refractivity contribution is 0.0998. The highest BCUT2D eigenvalue weighted by Crippen LogP contribution is 2.31. The second-order valence-corrected chi connectivity index (χ2v) is 5.76. The van der Waals surface area contributed by atoms with Crippen molar-refractivity contribution in [1.29, 1.82) is 0 Å². The van der Waals surface area contributed by atoms with Crippen LogP contribution in [0.5, 0.6) is 0 Å². The number of nitrogens with zero attached hydrogens (tertiary/aromatic N) is 2. The number of primary amides is 2. The number of aromatic nitrogens is 1. The molecule has 0 spiro atoms. The molecule has 21 heavy (non-hydrogen) atoms. The topological polar surface area (TPSA) is 111 Å². The van der Waals surface area contributed by atoms with E-state index in [2.05, 4.69) is 0 Å². The van der Waals surface area contributed by atoms with Gasteiger partial charge < -0.3 is 20.9 Å². The van der Waals surface area contributed by atoms with Crippen LogP contribution in [0.2, 0.25) is 0 Å². The van der Waals surface area contributed by atoms with Gasteiger partial charge in [0.15, 0.2) is 0 Å². The molecule has 0 atom stereocenters. The molecule has 112 valence electrons. The van der Waals surface area contributed by atoms with Crippen molar-refractivity contribution in [2.24, 2.45) is 17.4 Å². The molecule has 0 saturated heterocycles. The molecule has 2 heterocycles. The zero-order chi connectivity index (χ0) is 15.1. The molecule has 3 amide bonds. The van der Waals surface area contributed by atoms with Crippen LogP contribution in [-0.2, 0) is 19.5 Å². The number of carbonyl (C=O) groups excluding carboxylic acids is 2. The van der Waals surface area contributed by atoms with Crippen molar-refractivity contribution in [2.75, 3.05) is 6.54 Å². The zero-order valence-corrected chi connectivity index (χ0v) is 11.7. The third-order valence-electron chi connectivity index (χ3n) is 4.19. The van der Waals surface area contributed by atoms with Gasteiger partial charge in [0.1, 0.15) is 5.56 Å². The van der Waals surface area contributed by atoms with E-state index in [1.165, 1.54) is 11.0 Å². The van der Waals surface area contributed by atoms with Gasteiger partial charge in [-0.25, -0.2) is 4.79 Å². The quantitative estimate of drug-likeness (QED) is 0.803. The average Bonchev–Trinajstić information content (AvgIpc) is 3.24. The van der Waals surface area contributed by atoms with Gasteiger partial charge in [-0.2, -0.15) is 0 Å². The van der Waals surface area contributed by atoms with Crippen molar-refractivity contribution in [1.82, 2.24) is 9.47 Å². The van der Waals surface area contributed by atoms with E-state index in [9.17, 15) is 14.4 Å². The Bertz CT molecular complexity index is 676. The monoisotopic (exact) mass is 290 g/mol. The van der Waals surface area contributed by atoms with Gasteiger partial charge >= 0.3 is 6.03 Å². The lowest BCUT2D eigenvalue weighted by Crippen LogP contribution is -2.43. The molecule has 0 aromatic carbocycles. The number of fused-ring (bicyclic) bond motifs is 1. The van der Waals surface area contributed by atoms with Gasteiger partial charge in [-0.1, -0.05) is 0 Å². The normalized spacial score (nSPS) is 17.4. The molecular formula is C14H18N4O3. The van der Waals surface area contributed by atoms with E-state index < -0.39 is 11.9 Å². The second kappa shape index (κ2) is 4.91. The first-order chi connectivity index (χ1) is 9.97. The third kappa shape index (κ3) is 2.51. The molecule has 0 radical (unpaired) electrons. The first-order valence-electron chi connectivity index (χ1n) is 7.07. The smallest absolute Gasteiger partial charge is 0.315 e. The Morgan fingerprint density at radius 3 is 2.57 bits per heavy atom. The summed E-state index contributed by atoms with van der Waals surface area (Å²) in [6.07, 6.45) is 2.78. The summed E-state index contributed by atoms with van der Waals surface area (Å²) in [5.74, 6) is -0.229. The van der Waals surface area contributed by atoms with Crippen molar-refractivity contribution in [2.45, 2.75) is 32.4 Å². The van der Waals surface area contributed by atoms with E-state index in [0.717, 1.165) is 24.1 Å². The summed E-state index contributed by atoms with van der Waals surface area (Å²) in [5.41, 5.74) is 12.0. The van der Waals surface area contributed by atoms with Crippen LogP contribution in [0.15, 0.2) is 10.9 Å². The molecule has 1 aliphatic carbocycles. The fraction of sp³-hybridized carbons (Fsp3) is 0.500. The van der Waals surface area contributed by atoms with Gasteiger partial charge in [0.05, 0.1) is 0 Å². The molecule has 1 fully saturated rings. The molecule has 4 N–H and O–H groups in total. The Morgan fingerprint density at radius 2 is 2.00 bits per heavy atom. The largest absolute Gasteiger partial charge is 0.365 e. The highest BCUT2D eigenvalue weighted by atomic mass is 16.2. The van der Waals surface area contributed by atoms with Crippen LogP contribution in [0, 0.1) is 5.92 Å². The average molecular weight is 290 g/mol. The zero-order valence-electron chi connectivity index (χ0n) is 11.7. The Morgan fingerprint density at radius 1 is 1.29 bits per heavy atom. The van der Waals surface area contributed by atoms with Crippen LogP contribution in [0.1, 0.15) is 34.5 Å². The van der Waals surface area contributed by atoms with E-state index in [-0.39, 0.29) is 11.1 Å². The van der Waals surface area contributed by atoms with E-state index in [4.69, 9.17) is 11.5 Å². The molecule has 7 heteroatoms. The number of rotatable bonds is 3. The van der Waals surface area contributed by atoms with E-state index in [0.29, 0.717) is 32.0 Å². The van der Waals surface area contributed by atoms with Gasteiger partial charge in [0, 0.05) is 31.7 Å². The molecule has 7 nitrogen and oxygen atoms in total. The SMILES string of the molecule is NC(=O)c1cc2c(n(CC3CC3)c1=O)CCN(C(N)=O)C2. The number of amides is 3. The summed E-state index contributed by atoms with van der Waals surface area (Å²) < 4.78 is 1.67. The summed E-state index contributed by atoms with van der Waals surface area (Å²) in [5, 5.41) is 0. The van der Waals surface area contributed by atoms with Crippen LogP contribution >= 0.6 is 0 Å². The van der Waals surface area contributed by atoms with Crippen molar-refractivity contribution >= 4 is 11.9 Å². The summed E-state index contributed by atoms with van der Waals surface area (Å²) >= 11 is 0. The number of urea groups is 1. The Kier molecular flexibility index (Phi) is 3.19. The molecule has 1 aliphatic heterocycles. The predicted octanol–water partition coefficient (Wildman–Crippen LogP) is -0.206. The lowest BCUT2D eigenvalue weighted by atomic mass is 10.0. The van der Waals surface area contributed by atoms with E-state index >= 15 is 0 Å². The highest BCUT2D eigenvalue weighted by molar-refractivity contribution is 5.92. The number of nitrogens with two attached hydrogens (primary N) is 2. The Balaban J connectivity index is 2.08. The maximum absolute atomic E-state index is 12.4. The number of carbonyl (C=O) groups is 2. The van der Waals surface area contributed by atoms with Gasteiger partial charge in [-0.15, -0.1) is 0 Å². The van der Waals surface area contributed by atoms with Gasteiger partial charge in [-0.05, 0) is 30.4 Å². The first-order valence-corrected chi connectivity index (χ1v) is 7.07. The highest BCUT2D eigenvalue weighted by Gasteiger charge is 2.28. The van der Waals surface area contributed by atoms with Crippen LogP contribution in [0.3, 0.4) is 0 Å². The number of hydrogen-bond donors (Lipinski definition) is 2. The van der Waals surface area contributed by atoms with Crippen molar-refractivity contribution in [3.63, 3.8) is 0 Å². The van der Waals surface area contributed by atoms with Crippen LogP contribution in [0.25, 0.3) is 0 Å². The molecule has 0 bridgehead atoms.